The van der Waals surface area contributed by atoms with Gasteiger partial charge in [0.15, 0.2) is 11.5 Å². The Hall–Kier alpha value is -2.89. The van der Waals surface area contributed by atoms with Gasteiger partial charge in [-0.1, -0.05) is 12.1 Å². The first-order chi connectivity index (χ1) is 12.6. The summed E-state index contributed by atoms with van der Waals surface area (Å²) in [5.41, 5.74) is 1.76. The Balaban J connectivity index is 1.70. The van der Waals surface area contributed by atoms with Crippen LogP contribution in [0.25, 0.3) is 0 Å². The second-order valence-electron chi connectivity index (χ2n) is 6.13. The Morgan fingerprint density at radius 3 is 2.04 bits per heavy atom. The molecular weight excluding hydrogens is 334 g/mol. The van der Waals surface area contributed by atoms with Gasteiger partial charge in [0.2, 0.25) is 11.7 Å². The summed E-state index contributed by atoms with van der Waals surface area (Å²) in [7, 11) is 6.27. The molecular formula is C20H23NO5. The highest BCUT2D eigenvalue weighted by Crippen LogP contribution is 2.48. The molecule has 1 fully saturated rings. The van der Waals surface area contributed by atoms with E-state index in [0.717, 1.165) is 17.7 Å². The van der Waals surface area contributed by atoms with E-state index in [1.54, 1.807) is 40.6 Å². The van der Waals surface area contributed by atoms with Crippen molar-refractivity contribution in [1.29, 1.82) is 0 Å². The summed E-state index contributed by atoms with van der Waals surface area (Å²) < 4.78 is 21.1. The average Bonchev–Trinajstić information content (AvgIpc) is 3.48. The third-order valence-electron chi connectivity index (χ3n) is 4.60. The molecule has 6 nitrogen and oxygen atoms in total. The van der Waals surface area contributed by atoms with E-state index in [2.05, 4.69) is 5.32 Å². The number of ether oxygens (including phenoxy) is 4. The Morgan fingerprint density at radius 1 is 0.923 bits per heavy atom. The molecule has 0 aromatic heterocycles. The number of amides is 1. The van der Waals surface area contributed by atoms with Gasteiger partial charge in [-0.25, -0.2) is 0 Å². The minimum absolute atomic E-state index is 0.0138. The number of carbonyl (C=O) groups excluding carboxylic acids is 1. The Bertz CT molecular complexity index is 762. The predicted molar refractivity (Wildman–Crippen MR) is 98.6 cm³/mol. The summed E-state index contributed by atoms with van der Waals surface area (Å²) >= 11 is 0. The van der Waals surface area contributed by atoms with Crippen molar-refractivity contribution >= 4 is 11.6 Å². The van der Waals surface area contributed by atoms with Crippen LogP contribution in [0.1, 0.15) is 17.9 Å². The van der Waals surface area contributed by atoms with Crippen LogP contribution in [-0.4, -0.2) is 34.3 Å². The Kier molecular flexibility index (Phi) is 5.21. The molecule has 1 aliphatic carbocycles. The highest BCUT2D eigenvalue weighted by atomic mass is 16.5. The first-order valence-electron chi connectivity index (χ1n) is 8.36. The largest absolute Gasteiger partial charge is 0.497 e. The maximum Gasteiger partial charge on any atom is 0.228 e. The highest BCUT2D eigenvalue weighted by Gasteiger charge is 2.44. The van der Waals surface area contributed by atoms with E-state index in [0.29, 0.717) is 22.9 Å². The molecule has 0 bridgehead atoms. The number of rotatable bonds is 7. The van der Waals surface area contributed by atoms with Crippen LogP contribution in [0.15, 0.2) is 36.4 Å². The number of carbonyl (C=O) groups is 1. The second kappa shape index (κ2) is 7.56. The lowest BCUT2D eigenvalue weighted by molar-refractivity contribution is -0.117. The molecule has 0 spiro atoms. The molecule has 2 unspecified atom stereocenters. The SMILES string of the molecule is COc1ccc(C2CC2C(=O)Nc2cc(OC)c(OC)c(OC)c2)cc1. The molecule has 1 aliphatic rings. The van der Waals surface area contributed by atoms with Crippen molar-refractivity contribution in [1.82, 2.24) is 0 Å². The Morgan fingerprint density at radius 2 is 1.54 bits per heavy atom. The van der Waals surface area contributed by atoms with Gasteiger partial charge in [0.05, 0.1) is 28.4 Å². The number of hydrogen-bond donors (Lipinski definition) is 1. The predicted octanol–water partition coefficient (Wildman–Crippen LogP) is 3.46. The molecule has 6 heteroatoms. The van der Waals surface area contributed by atoms with Crippen molar-refractivity contribution in [3.63, 3.8) is 0 Å². The van der Waals surface area contributed by atoms with Crippen LogP contribution in [-0.2, 0) is 4.79 Å². The summed E-state index contributed by atoms with van der Waals surface area (Å²) in [5, 5.41) is 2.95. The van der Waals surface area contributed by atoms with Crippen LogP contribution >= 0.6 is 0 Å². The summed E-state index contributed by atoms with van der Waals surface area (Å²) in [6, 6.07) is 11.3. The topological polar surface area (TPSA) is 66.0 Å². The zero-order chi connectivity index (χ0) is 18.7. The van der Waals surface area contributed by atoms with Gasteiger partial charge in [-0.3, -0.25) is 4.79 Å². The second-order valence-corrected chi connectivity index (χ2v) is 6.13. The van der Waals surface area contributed by atoms with Crippen LogP contribution in [0, 0.1) is 5.92 Å². The van der Waals surface area contributed by atoms with Gasteiger partial charge >= 0.3 is 0 Å². The molecule has 26 heavy (non-hydrogen) atoms. The maximum atomic E-state index is 12.6. The highest BCUT2D eigenvalue weighted by molar-refractivity contribution is 5.95. The molecule has 3 rings (SSSR count). The molecule has 1 saturated carbocycles. The first-order valence-corrected chi connectivity index (χ1v) is 8.36. The maximum absolute atomic E-state index is 12.6. The van der Waals surface area contributed by atoms with E-state index in [4.69, 9.17) is 18.9 Å². The van der Waals surface area contributed by atoms with E-state index in [9.17, 15) is 4.79 Å². The van der Waals surface area contributed by atoms with Gasteiger partial charge in [0, 0.05) is 23.7 Å². The molecule has 1 amide bonds. The molecule has 0 radical (unpaired) electrons. The van der Waals surface area contributed by atoms with Gasteiger partial charge in [0.1, 0.15) is 5.75 Å². The zero-order valence-corrected chi connectivity index (χ0v) is 15.4. The minimum Gasteiger partial charge on any atom is -0.497 e. The van der Waals surface area contributed by atoms with E-state index < -0.39 is 0 Å². The van der Waals surface area contributed by atoms with E-state index in [1.807, 2.05) is 24.3 Å². The van der Waals surface area contributed by atoms with Crippen LogP contribution in [0.4, 0.5) is 5.69 Å². The summed E-state index contributed by atoms with van der Waals surface area (Å²) in [5.74, 6) is 2.50. The fraction of sp³-hybridized carbons (Fsp3) is 0.350. The number of anilines is 1. The quantitative estimate of drug-likeness (QED) is 0.822. The van der Waals surface area contributed by atoms with Gasteiger partial charge in [-0.2, -0.15) is 0 Å². The fourth-order valence-corrected chi connectivity index (χ4v) is 3.09. The zero-order valence-electron chi connectivity index (χ0n) is 15.4. The molecule has 1 N–H and O–H groups in total. The number of hydrogen-bond acceptors (Lipinski definition) is 5. The van der Waals surface area contributed by atoms with Crippen LogP contribution in [0.5, 0.6) is 23.0 Å². The minimum atomic E-state index is -0.0394. The van der Waals surface area contributed by atoms with Gasteiger partial charge in [0.25, 0.3) is 0 Å². The van der Waals surface area contributed by atoms with Crippen molar-refractivity contribution in [3.8, 4) is 23.0 Å². The lowest BCUT2D eigenvalue weighted by atomic mass is 10.1. The van der Waals surface area contributed by atoms with Crippen molar-refractivity contribution in [2.24, 2.45) is 5.92 Å². The van der Waals surface area contributed by atoms with Crippen molar-refractivity contribution in [2.45, 2.75) is 12.3 Å². The molecule has 0 aliphatic heterocycles. The van der Waals surface area contributed by atoms with E-state index in [-0.39, 0.29) is 17.7 Å². The van der Waals surface area contributed by atoms with Crippen molar-refractivity contribution in [2.75, 3.05) is 33.8 Å². The average molecular weight is 357 g/mol. The smallest absolute Gasteiger partial charge is 0.228 e. The Labute approximate surface area is 153 Å². The van der Waals surface area contributed by atoms with E-state index in [1.165, 1.54) is 0 Å². The molecule has 2 aromatic rings. The third-order valence-corrected chi connectivity index (χ3v) is 4.60. The van der Waals surface area contributed by atoms with Crippen molar-refractivity contribution < 1.29 is 23.7 Å². The molecule has 2 atom stereocenters. The summed E-state index contributed by atoms with van der Waals surface area (Å²) in [4.78, 5) is 12.6. The van der Waals surface area contributed by atoms with Gasteiger partial charge in [-0.05, 0) is 30.0 Å². The number of methoxy groups -OCH3 is 4. The fourth-order valence-electron chi connectivity index (χ4n) is 3.09. The summed E-state index contributed by atoms with van der Waals surface area (Å²) in [6.07, 6.45) is 0.836. The summed E-state index contributed by atoms with van der Waals surface area (Å²) in [6.45, 7) is 0. The molecule has 2 aromatic carbocycles. The van der Waals surface area contributed by atoms with Gasteiger partial charge in [-0.15, -0.1) is 0 Å². The van der Waals surface area contributed by atoms with E-state index >= 15 is 0 Å². The lowest BCUT2D eigenvalue weighted by Crippen LogP contribution is -2.14. The molecule has 0 saturated heterocycles. The standard InChI is InChI=1S/C20H23NO5/c1-23-14-7-5-12(6-8-14)15-11-16(15)20(22)21-13-9-17(24-2)19(26-4)18(10-13)25-3/h5-10,15-16H,11H2,1-4H3,(H,21,22). The lowest BCUT2D eigenvalue weighted by Gasteiger charge is -2.14. The third kappa shape index (κ3) is 3.54. The van der Waals surface area contributed by atoms with Crippen LogP contribution in [0.2, 0.25) is 0 Å². The molecule has 0 heterocycles. The van der Waals surface area contributed by atoms with Crippen LogP contribution in [0.3, 0.4) is 0 Å². The number of nitrogens with one attached hydrogen (secondary N) is 1. The first kappa shape index (κ1) is 17.9. The van der Waals surface area contributed by atoms with Gasteiger partial charge < -0.3 is 24.3 Å². The molecule has 138 valence electrons. The monoisotopic (exact) mass is 357 g/mol. The van der Waals surface area contributed by atoms with Crippen LogP contribution < -0.4 is 24.3 Å². The normalized spacial score (nSPS) is 18.0. The van der Waals surface area contributed by atoms with Crippen molar-refractivity contribution in [3.05, 3.63) is 42.0 Å². The number of benzene rings is 2.